The first-order chi connectivity index (χ1) is 15.2. The van der Waals surface area contributed by atoms with Gasteiger partial charge in [-0.2, -0.15) is 9.78 Å². The molecular weight excluding hydrogens is 452 g/mol. The molecule has 5 nitrogen and oxygen atoms in total. The summed E-state index contributed by atoms with van der Waals surface area (Å²) in [7, 11) is 0. The number of hydrogen-bond acceptors (Lipinski definition) is 3. The fourth-order valence-electron chi connectivity index (χ4n) is 4.66. The Balaban J connectivity index is 1.68. The van der Waals surface area contributed by atoms with E-state index in [2.05, 4.69) is 45.8 Å². The Labute approximate surface area is 189 Å². The van der Waals surface area contributed by atoms with E-state index in [4.69, 9.17) is 10.1 Å². The number of aryl methyl sites for hydroxylation is 1. The maximum absolute atomic E-state index is 13.5. The van der Waals surface area contributed by atoms with Crippen molar-refractivity contribution in [3.8, 4) is 0 Å². The summed E-state index contributed by atoms with van der Waals surface area (Å²) in [5.74, 6) is 1.05. The standard InChI is InChI=1S/C25H25BrN4O/c1-2-29-16-18(20-10-6-7-11-23(20)29)15-27-30-24(17-8-4-3-5-9-17)28-22-13-12-19(26)14-21(22)25(30)31/h6-7,10-17H,2-5,8-9H2,1H3. The molecule has 0 unspecified atom stereocenters. The predicted molar refractivity (Wildman–Crippen MR) is 130 cm³/mol. The Hall–Kier alpha value is -2.73. The lowest BCUT2D eigenvalue weighted by atomic mass is 9.88. The van der Waals surface area contributed by atoms with Crippen LogP contribution in [-0.4, -0.2) is 20.4 Å². The van der Waals surface area contributed by atoms with E-state index in [0.717, 1.165) is 46.1 Å². The van der Waals surface area contributed by atoms with E-state index < -0.39 is 0 Å². The third kappa shape index (κ3) is 3.74. The minimum Gasteiger partial charge on any atom is -0.347 e. The molecule has 0 spiro atoms. The van der Waals surface area contributed by atoms with Gasteiger partial charge in [-0.05, 0) is 44.0 Å². The number of nitrogens with zero attached hydrogens (tertiary/aromatic N) is 4. The van der Waals surface area contributed by atoms with Gasteiger partial charge in [0.05, 0.1) is 17.1 Å². The number of para-hydroxylation sites is 1. The summed E-state index contributed by atoms with van der Waals surface area (Å²) in [6, 6.07) is 14.0. The molecule has 2 heterocycles. The van der Waals surface area contributed by atoms with Gasteiger partial charge in [0.2, 0.25) is 0 Å². The van der Waals surface area contributed by atoms with Crippen molar-refractivity contribution in [2.24, 2.45) is 5.10 Å². The van der Waals surface area contributed by atoms with Crippen LogP contribution in [0.3, 0.4) is 0 Å². The maximum atomic E-state index is 13.5. The molecule has 4 aromatic rings. The van der Waals surface area contributed by atoms with Crippen LogP contribution in [-0.2, 0) is 6.54 Å². The molecule has 5 rings (SSSR count). The first-order valence-electron chi connectivity index (χ1n) is 11.0. The van der Waals surface area contributed by atoms with Crippen molar-refractivity contribution in [3.63, 3.8) is 0 Å². The Kier molecular flexibility index (Phi) is 5.48. The van der Waals surface area contributed by atoms with Gasteiger partial charge in [-0.1, -0.05) is 53.4 Å². The van der Waals surface area contributed by atoms with Crippen molar-refractivity contribution in [2.45, 2.75) is 51.5 Å². The average Bonchev–Trinajstić information content (AvgIpc) is 3.17. The predicted octanol–water partition coefficient (Wildman–Crippen LogP) is 6.06. The molecule has 31 heavy (non-hydrogen) atoms. The lowest BCUT2D eigenvalue weighted by Gasteiger charge is -2.22. The van der Waals surface area contributed by atoms with Gasteiger partial charge < -0.3 is 4.57 Å². The van der Waals surface area contributed by atoms with Crippen LogP contribution in [0.1, 0.15) is 56.3 Å². The normalized spacial score (nSPS) is 15.4. The second-order valence-corrected chi connectivity index (χ2v) is 9.13. The van der Waals surface area contributed by atoms with Crippen LogP contribution in [0.2, 0.25) is 0 Å². The molecule has 0 radical (unpaired) electrons. The average molecular weight is 477 g/mol. The zero-order chi connectivity index (χ0) is 21.4. The van der Waals surface area contributed by atoms with Crippen molar-refractivity contribution >= 4 is 44.0 Å². The van der Waals surface area contributed by atoms with Gasteiger partial charge in [0, 0.05) is 39.6 Å². The highest BCUT2D eigenvalue weighted by atomic mass is 79.9. The molecule has 0 saturated heterocycles. The minimum atomic E-state index is -0.109. The molecule has 1 saturated carbocycles. The Bertz CT molecular complexity index is 1350. The molecule has 1 fully saturated rings. The molecule has 1 aliphatic rings. The highest BCUT2D eigenvalue weighted by Crippen LogP contribution is 2.32. The van der Waals surface area contributed by atoms with Gasteiger partial charge in [0.25, 0.3) is 5.56 Å². The molecule has 1 aliphatic carbocycles. The van der Waals surface area contributed by atoms with E-state index in [-0.39, 0.29) is 11.5 Å². The lowest BCUT2D eigenvalue weighted by Crippen LogP contribution is -2.25. The summed E-state index contributed by atoms with van der Waals surface area (Å²) in [5, 5.41) is 6.44. The van der Waals surface area contributed by atoms with Gasteiger partial charge in [0.15, 0.2) is 0 Å². The van der Waals surface area contributed by atoms with Crippen molar-refractivity contribution in [1.29, 1.82) is 0 Å². The molecule has 0 atom stereocenters. The Morgan fingerprint density at radius 2 is 1.94 bits per heavy atom. The summed E-state index contributed by atoms with van der Waals surface area (Å²) in [5.41, 5.74) is 2.81. The van der Waals surface area contributed by atoms with Gasteiger partial charge in [0.1, 0.15) is 5.82 Å². The van der Waals surface area contributed by atoms with Crippen LogP contribution in [0.4, 0.5) is 0 Å². The molecular formula is C25H25BrN4O. The molecule has 2 aromatic heterocycles. The Morgan fingerprint density at radius 1 is 1.13 bits per heavy atom. The van der Waals surface area contributed by atoms with Gasteiger partial charge >= 0.3 is 0 Å². The number of rotatable bonds is 4. The minimum absolute atomic E-state index is 0.109. The maximum Gasteiger partial charge on any atom is 0.282 e. The quantitative estimate of drug-likeness (QED) is 0.336. The summed E-state index contributed by atoms with van der Waals surface area (Å²) in [6.07, 6.45) is 9.62. The zero-order valence-electron chi connectivity index (χ0n) is 17.6. The number of hydrogen-bond donors (Lipinski definition) is 0. The molecule has 0 bridgehead atoms. The molecule has 0 N–H and O–H groups in total. The van der Waals surface area contributed by atoms with Crippen molar-refractivity contribution in [3.05, 3.63) is 74.9 Å². The van der Waals surface area contributed by atoms with Crippen molar-refractivity contribution in [2.75, 3.05) is 0 Å². The summed E-state index contributed by atoms with van der Waals surface area (Å²) >= 11 is 3.48. The lowest BCUT2D eigenvalue weighted by molar-refractivity contribution is 0.416. The van der Waals surface area contributed by atoms with Crippen LogP contribution in [0.15, 0.2) is 63.0 Å². The highest BCUT2D eigenvalue weighted by molar-refractivity contribution is 9.10. The van der Waals surface area contributed by atoms with E-state index in [1.165, 1.54) is 24.8 Å². The van der Waals surface area contributed by atoms with Crippen molar-refractivity contribution in [1.82, 2.24) is 14.2 Å². The van der Waals surface area contributed by atoms with E-state index in [1.807, 2.05) is 36.5 Å². The molecule has 158 valence electrons. The zero-order valence-corrected chi connectivity index (χ0v) is 19.2. The fraction of sp³-hybridized carbons (Fsp3) is 0.320. The number of halogens is 1. The fourth-order valence-corrected chi connectivity index (χ4v) is 5.02. The van der Waals surface area contributed by atoms with Crippen LogP contribution in [0.5, 0.6) is 0 Å². The first-order valence-corrected chi connectivity index (χ1v) is 11.8. The third-order valence-electron chi connectivity index (χ3n) is 6.28. The van der Waals surface area contributed by atoms with E-state index in [9.17, 15) is 4.79 Å². The summed E-state index contributed by atoms with van der Waals surface area (Å²) in [6.45, 7) is 3.01. The SMILES string of the molecule is CCn1cc(C=Nn2c(C3CCCCC3)nc3ccc(Br)cc3c2=O)c2ccccc21. The smallest absolute Gasteiger partial charge is 0.282 e. The number of aromatic nitrogens is 3. The van der Waals surface area contributed by atoms with Gasteiger partial charge in [-0.15, -0.1) is 0 Å². The molecule has 2 aromatic carbocycles. The molecule has 0 amide bonds. The van der Waals surface area contributed by atoms with Crippen LogP contribution in [0, 0.1) is 0 Å². The van der Waals surface area contributed by atoms with Crippen molar-refractivity contribution < 1.29 is 0 Å². The van der Waals surface area contributed by atoms with E-state index >= 15 is 0 Å². The number of benzene rings is 2. The first kappa shape index (κ1) is 20.2. The van der Waals surface area contributed by atoms with Crippen LogP contribution in [0.25, 0.3) is 21.8 Å². The Morgan fingerprint density at radius 3 is 2.74 bits per heavy atom. The van der Waals surface area contributed by atoms with Crippen LogP contribution >= 0.6 is 15.9 Å². The van der Waals surface area contributed by atoms with Gasteiger partial charge in [-0.25, -0.2) is 4.98 Å². The monoisotopic (exact) mass is 476 g/mol. The van der Waals surface area contributed by atoms with E-state index in [0.29, 0.717) is 5.39 Å². The molecule has 6 heteroatoms. The second kappa shape index (κ2) is 8.42. The summed E-state index contributed by atoms with van der Waals surface area (Å²) < 4.78 is 4.62. The highest BCUT2D eigenvalue weighted by Gasteiger charge is 2.22. The van der Waals surface area contributed by atoms with E-state index in [1.54, 1.807) is 4.68 Å². The largest absolute Gasteiger partial charge is 0.347 e. The second-order valence-electron chi connectivity index (χ2n) is 8.22. The van der Waals surface area contributed by atoms with Crippen LogP contribution < -0.4 is 5.56 Å². The topological polar surface area (TPSA) is 52.2 Å². The number of fused-ring (bicyclic) bond motifs is 2. The van der Waals surface area contributed by atoms with Gasteiger partial charge in [-0.3, -0.25) is 4.79 Å². The molecule has 0 aliphatic heterocycles. The third-order valence-corrected chi connectivity index (χ3v) is 6.77. The summed E-state index contributed by atoms with van der Waals surface area (Å²) in [4.78, 5) is 18.4.